The number of aliphatic carboxylic acids is 1. The Labute approximate surface area is 92.3 Å². The third-order valence-corrected chi connectivity index (χ3v) is 3.37. The molecule has 82 valence electrons. The second kappa shape index (κ2) is 4.20. The highest BCUT2D eigenvalue weighted by atomic mass is 32.1. The molecule has 0 aliphatic carbocycles. The minimum atomic E-state index is -0.745. The van der Waals surface area contributed by atoms with Gasteiger partial charge in [-0.15, -0.1) is 0 Å². The fourth-order valence-electron chi connectivity index (χ4n) is 1.97. The van der Waals surface area contributed by atoms with Crippen LogP contribution < -0.4 is 10.6 Å². The molecule has 1 fully saturated rings. The number of rotatable bonds is 2. The summed E-state index contributed by atoms with van der Waals surface area (Å²) >= 11 is 1.61. The van der Waals surface area contributed by atoms with Gasteiger partial charge >= 0.3 is 5.97 Å². The van der Waals surface area contributed by atoms with Gasteiger partial charge in [0.1, 0.15) is 0 Å². The number of carboxylic acid groups (broad SMARTS) is 1. The number of thiophene rings is 1. The summed E-state index contributed by atoms with van der Waals surface area (Å²) in [6.07, 6.45) is 0.579. The van der Waals surface area contributed by atoms with E-state index in [1.54, 1.807) is 11.3 Å². The molecule has 1 aromatic heterocycles. The van der Waals surface area contributed by atoms with Gasteiger partial charge in [-0.1, -0.05) is 0 Å². The normalized spacial score (nSPS) is 26.6. The molecule has 2 unspecified atom stereocenters. The van der Waals surface area contributed by atoms with Crippen LogP contribution in [0.4, 0.5) is 5.69 Å². The molecule has 0 saturated carbocycles. The minimum absolute atomic E-state index is 0.0419. The quantitative estimate of drug-likeness (QED) is 0.789. The summed E-state index contributed by atoms with van der Waals surface area (Å²) in [5, 5.41) is 13.0. The number of piperidine rings is 1. The lowest BCUT2D eigenvalue weighted by molar-refractivity contribution is -0.142. The molecule has 15 heavy (non-hydrogen) atoms. The molecule has 4 nitrogen and oxygen atoms in total. The van der Waals surface area contributed by atoms with Crippen LogP contribution in [0.25, 0.3) is 0 Å². The lowest BCUT2D eigenvalue weighted by Gasteiger charge is -2.35. The van der Waals surface area contributed by atoms with Gasteiger partial charge in [-0.05, 0) is 17.9 Å². The number of hydrogen-bond acceptors (Lipinski definition) is 4. The molecule has 0 bridgehead atoms. The van der Waals surface area contributed by atoms with Crippen LogP contribution in [0.1, 0.15) is 6.42 Å². The zero-order valence-corrected chi connectivity index (χ0v) is 9.11. The Balaban J connectivity index is 2.10. The molecule has 0 aromatic carbocycles. The summed E-state index contributed by atoms with van der Waals surface area (Å²) in [5.41, 5.74) is 6.94. The molecule has 0 spiro atoms. The highest BCUT2D eigenvalue weighted by Gasteiger charge is 2.29. The van der Waals surface area contributed by atoms with E-state index in [1.807, 2.05) is 16.8 Å². The highest BCUT2D eigenvalue weighted by Crippen LogP contribution is 2.24. The number of nitrogens with two attached hydrogens (primary N) is 1. The van der Waals surface area contributed by atoms with Gasteiger partial charge in [0.2, 0.25) is 0 Å². The molecule has 2 rings (SSSR count). The van der Waals surface area contributed by atoms with Crippen LogP contribution in [-0.2, 0) is 4.79 Å². The van der Waals surface area contributed by atoms with Crippen molar-refractivity contribution in [2.45, 2.75) is 12.5 Å². The Bertz CT molecular complexity index is 339. The van der Waals surface area contributed by atoms with Gasteiger partial charge in [0.05, 0.1) is 5.92 Å². The van der Waals surface area contributed by atoms with Crippen molar-refractivity contribution in [1.82, 2.24) is 0 Å². The second-order valence-electron chi connectivity index (χ2n) is 3.92. The fraction of sp³-hybridized carbons (Fsp3) is 0.500. The van der Waals surface area contributed by atoms with Gasteiger partial charge in [-0.2, -0.15) is 11.3 Å². The molecule has 1 aromatic rings. The Morgan fingerprint density at radius 3 is 3.00 bits per heavy atom. The van der Waals surface area contributed by atoms with E-state index in [2.05, 4.69) is 4.90 Å². The molecule has 2 atom stereocenters. The monoisotopic (exact) mass is 226 g/mol. The third kappa shape index (κ3) is 2.30. The van der Waals surface area contributed by atoms with E-state index in [1.165, 1.54) is 0 Å². The lowest BCUT2D eigenvalue weighted by atomic mass is 9.95. The average molecular weight is 226 g/mol. The zero-order chi connectivity index (χ0) is 10.8. The van der Waals surface area contributed by atoms with E-state index in [9.17, 15) is 4.79 Å². The predicted octanol–water partition coefficient (Wildman–Crippen LogP) is 0.986. The standard InChI is InChI=1S/C10H14N2O2S/c11-8-3-7(10(13)14)4-12(5-8)9-1-2-15-6-9/h1-2,6-8H,3-5,11H2,(H,13,14). The smallest absolute Gasteiger partial charge is 0.308 e. The average Bonchev–Trinajstić information content (AvgIpc) is 2.69. The van der Waals surface area contributed by atoms with Crippen molar-refractivity contribution in [3.8, 4) is 0 Å². The first-order valence-electron chi connectivity index (χ1n) is 4.92. The van der Waals surface area contributed by atoms with E-state index < -0.39 is 5.97 Å². The largest absolute Gasteiger partial charge is 0.481 e. The number of carboxylic acids is 1. The van der Waals surface area contributed by atoms with E-state index >= 15 is 0 Å². The zero-order valence-electron chi connectivity index (χ0n) is 8.30. The summed E-state index contributed by atoms with van der Waals surface area (Å²) in [4.78, 5) is 13.0. The van der Waals surface area contributed by atoms with Crippen LogP contribution in [0.2, 0.25) is 0 Å². The van der Waals surface area contributed by atoms with Gasteiger partial charge in [0, 0.05) is 30.2 Å². The SMILES string of the molecule is NC1CC(C(=O)O)CN(c2ccsc2)C1. The van der Waals surface area contributed by atoms with Crippen molar-refractivity contribution >= 4 is 23.0 Å². The van der Waals surface area contributed by atoms with Crippen LogP contribution in [0, 0.1) is 5.92 Å². The third-order valence-electron chi connectivity index (χ3n) is 2.70. The van der Waals surface area contributed by atoms with E-state index in [0.29, 0.717) is 13.0 Å². The first-order chi connectivity index (χ1) is 7.16. The Morgan fingerprint density at radius 1 is 1.60 bits per heavy atom. The topological polar surface area (TPSA) is 66.6 Å². The van der Waals surface area contributed by atoms with Gasteiger partial charge in [0.15, 0.2) is 0 Å². The van der Waals surface area contributed by atoms with Crippen molar-refractivity contribution in [2.75, 3.05) is 18.0 Å². The molecule has 1 aliphatic rings. The number of hydrogen-bond donors (Lipinski definition) is 2. The van der Waals surface area contributed by atoms with E-state index in [-0.39, 0.29) is 12.0 Å². The maximum Gasteiger partial charge on any atom is 0.308 e. The minimum Gasteiger partial charge on any atom is -0.481 e. The van der Waals surface area contributed by atoms with Gasteiger partial charge in [-0.25, -0.2) is 0 Å². The maximum atomic E-state index is 10.9. The van der Waals surface area contributed by atoms with Gasteiger partial charge < -0.3 is 15.7 Å². The van der Waals surface area contributed by atoms with Crippen LogP contribution in [0.5, 0.6) is 0 Å². The molecule has 1 saturated heterocycles. The van der Waals surface area contributed by atoms with Crippen LogP contribution in [0.15, 0.2) is 16.8 Å². The fourth-order valence-corrected chi connectivity index (χ4v) is 2.63. The molecule has 2 heterocycles. The van der Waals surface area contributed by atoms with Crippen LogP contribution in [0.3, 0.4) is 0 Å². The van der Waals surface area contributed by atoms with Crippen molar-refractivity contribution in [1.29, 1.82) is 0 Å². The van der Waals surface area contributed by atoms with Crippen molar-refractivity contribution < 1.29 is 9.90 Å². The molecule has 5 heteroatoms. The lowest BCUT2D eigenvalue weighted by Crippen LogP contribution is -2.49. The first kappa shape index (κ1) is 10.4. The van der Waals surface area contributed by atoms with Gasteiger partial charge in [0.25, 0.3) is 0 Å². The second-order valence-corrected chi connectivity index (χ2v) is 4.70. The molecular formula is C10H14N2O2S. The van der Waals surface area contributed by atoms with Crippen molar-refractivity contribution in [3.63, 3.8) is 0 Å². The number of nitrogens with zero attached hydrogens (tertiary/aromatic N) is 1. The van der Waals surface area contributed by atoms with Gasteiger partial charge in [-0.3, -0.25) is 4.79 Å². The van der Waals surface area contributed by atoms with E-state index in [4.69, 9.17) is 10.8 Å². The molecule has 3 N–H and O–H groups in total. The summed E-state index contributed by atoms with van der Waals surface area (Å²) in [6.45, 7) is 1.32. The predicted molar refractivity (Wildman–Crippen MR) is 60.3 cm³/mol. The Morgan fingerprint density at radius 2 is 2.40 bits per heavy atom. The van der Waals surface area contributed by atoms with Crippen molar-refractivity contribution in [2.24, 2.45) is 11.7 Å². The first-order valence-corrected chi connectivity index (χ1v) is 5.86. The van der Waals surface area contributed by atoms with E-state index in [0.717, 1.165) is 12.2 Å². The number of carbonyl (C=O) groups is 1. The van der Waals surface area contributed by atoms with Crippen LogP contribution in [-0.4, -0.2) is 30.2 Å². The summed E-state index contributed by atoms with van der Waals surface area (Å²) in [6, 6.07) is 1.96. The molecular weight excluding hydrogens is 212 g/mol. The molecule has 1 aliphatic heterocycles. The highest BCUT2D eigenvalue weighted by molar-refractivity contribution is 7.08. The Hall–Kier alpha value is -1.07. The Kier molecular flexibility index (Phi) is 2.93. The summed E-state index contributed by atoms with van der Waals surface area (Å²) in [7, 11) is 0. The summed E-state index contributed by atoms with van der Waals surface area (Å²) in [5.74, 6) is -1.08. The van der Waals surface area contributed by atoms with Crippen molar-refractivity contribution in [3.05, 3.63) is 16.8 Å². The molecule has 0 radical (unpaired) electrons. The van der Waals surface area contributed by atoms with Crippen LogP contribution >= 0.6 is 11.3 Å². The summed E-state index contributed by atoms with van der Waals surface area (Å²) < 4.78 is 0. The maximum absolute atomic E-state index is 10.9. The molecule has 0 amide bonds. The number of anilines is 1.